The Labute approximate surface area is 104 Å². The predicted octanol–water partition coefficient (Wildman–Crippen LogP) is 2.78. The molecule has 1 aliphatic heterocycles. The molecule has 2 nitrogen and oxygen atoms in total. The second-order valence-electron chi connectivity index (χ2n) is 5.46. The van der Waals surface area contributed by atoms with Crippen LogP contribution in [0.4, 0.5) is 0 Å². The van der Waals surface area contributed by atoms with E-state index in [2.05, 4.69) is 32.0 Å². The Morgan fingerprint density at radius 2 is 2.12 bits per heavy atom. The molecule has 0 aromatic heterocycles. The molecule has 1 N–H and O–H groups in total. The van der Waals surface area contributed by atoms with E-state index in [-0.39, 0.29) is 6.10 Å². The molecule has 1 aliphatic rings. The van der Waals surface area contributed by atoms with Crippen LogP contribution in [0.15, 0.2) is 18.2 Å². The van der Waals surface area contributed by atoms with Gasteiger partial charge in [-0.1, -0.05) is 18.2 Å². The van der Waals surface area contributed by atoms with Gasteiger partial charge >= 0.3 is 0 Å². The fourth-order valence-corrected chi connectivity index (χ4v) is 2.60. The summed E-state index contributed by atoms with van der Waals surface area (Å²) < 4.78 is 5.49. The SMILES string of the molecule is Cc1ccc(CC2(O)CCOC(C)C2)cc1C. The lowest BCUT2D eigenvalue weighted by molar-refractivity contribution is -0.0961. The summed E-state index contributed by atoms with van der Waals surface area (Å²) in [5, 5.41) is 10.6. The average Bonchev–Trinajstić information content (AvgIpc) is 2.22. The highest BCUT2D eigenvalue weighted by atomic mass is 16.5. The van der Waals surface area contributed by atoms with Crippen molar-refractivity contribution in [3.05, 3.63) is 34.9 Å². The lowest BCUT2D eigenvalue weighted by Crippen LogP contribution is -2.41. The van der Waals surface area contributed by atoms with Crippen LogP contribution in [0.5, 0.6) is 0 Å². The van der Waals surface area contributed by atoms with Gasteiger partial charge < -0.3 is 9.84 Å². The van der Waals surface area contributed by atoms with Crippen LogP contribution in [0.1, 0.15) is 36.5 Å². The Morgan fingerprint density at radius 3 is 2.76 bits per heavy atom. The fourth-order valence-electron chi connectivity index (χ4n) is 2.60. The molecule has 17 heavy (non-hydrogen) atoms. The zero-order chi connectivity index (χ0) is 12.5. The molecule has 0 spiro atoms. The standard InChI is InChI=1S/C15H22O2/c1-11-4-5-14(8-12(11)2)10-15(16)6-7-17-13(3)9-15/h4-5,8,13,16H,6-7,9-10H2,1-3H3. The highest BCUT2D eigenvalue weighted by molar-refractivity contribution is 5.30. The molecule has 94 valence electrons. The largest absolute Gasteiger partial charge is 0.389 e. The van der Waals surface area contributed by atoms with Crippen LogP contribution in [0.25, 0.3) is 0 Å². The van der Waals surface area contributed by atoms with Crippen LogP contribution < -0.4 is 0 Å². The molecule has 2 rings (SSSR count). The van der Waals surface area contributed by atoms with Crippen molar-refractivity contribution in [2.24, 2.45) is 0 Å². The molecular formula is C15H22O2. The molecule has 1 fully saturated rings. The number of benzene rings is 1. The van der Waals surface area contributed by atoms with Gasteiger partial charge in [0.2, 0.25) is 0 Å². The van der Waals surface area contributed by atoms with Gasteiger partial charge in [0.05, 0.1) is 11.7 Å². The summed E-state index contributed by atoms with van der Waals surface area (Å²) in [7, 11) is 0. The molecule has 1 aromatic carbocycles. The van der Waals surface area contributed by atoms with Crippen molar-refractivity contribution in [2.75, 3.05) is 6.61 Å². The minimum Gasteiger partial charge on any atom is -0.389 e. The van der Waals surface area contributed by atoms with Crippen LogP contribution in [0.2, 0.25) is 0 Å². The smallest absolute Gasteiger partial charge is 0.0734 e. The maximum atomic E-state index is 10.6. The Morgan fingerprint density at radius 1 is 1.35 bits per heavy atom. The third-order valence-corrected chi connectivity index (χ3v) is 3.74. The molecule has 1 saturated heterocycles. The van der Waals surface area contributed by atoms with Gasteiger partial charge in [-0.15, -0.1) is 0 Å². The summed E-state index contributed by atoms with van der Waals surface area (Å²) in [6, 6.07) is 6.45. The van der Waals surface area contributed by atoms with Gasteiger partial charge in [0.1, 0.15) is 0 Å². The van der Waals surface area contributed by atoms with Crippen LogP contribution in [-0.2, 0) is 11.2 Å². The molecule has 1 aromatic rings. The Hall–Kier alpha value is -0.860. The number of aryl methyl sites for hydroxylation is 2. The highest BCUT2D eigenvalue weighted by Gasteiger charge is 2.33. The van der Waals surface area contributed by atoms with Gasteiger partial charge in [0, 0.05) is 19.4 Å². The fraction of sp³-hybridized carbons (Fsp3) is 0.600. The first-order valence-electron chi connectivity index (χ1n) is 6.39. The van der Waals surface area contributed by atoms with Crippen LogP contribution in [-0.4, -0.2) is 23.4 Å². The maximum absolute atomic E-state index is 10.6. The molecular weight excluding hydrogens is 212 g/mol. The monoisotopic (exact) mass is 234 g/mol. The van der Waals surface area contributed by atoms with Crippen molar-refractivity contribution < 1.29 is 9.84 Å². The van der Waals surface area contributed by atoms with Crippen molar-refractivity contribution in [1.82, 2.24) is 0 Å². The molecule has 0 radical (unpaired) electrons. The van der Waals surface area contributed by atoms with Crippen molar-refractivity contribution in [1.29, 1.82) is 0 Å². The molecule has 0 saturated carbocycles. The van der Waals surface area contributed by atoms with Gasteiger partial charge in [-0.25, -0.2) is 0 Å². The van der Waals surface area contributed by atoms with E-state index in [1.807, 2.05) is 6.92 Å². The quantitative estimate of drug-likeness (QED) is 0.852. The molecule has 2 atom stereocenters. The summed E-state index contributed by atoms with van der Waals surface area (Å²) in [6.07, 6.45) is 2.38. The molecule has 0 amide bonds. The van der Waals surface area contributed by atoms with Crippen LogP contribution in [0.3, 0.4) is 0 Å². The van der Waals surface area contributed by atoms with Crippen molar-refractivity contribution in [3.63, 3.8) is 0 Å². The zero-order valence-corrected chi connectivity index (χ0v) is 11.0. The van der Waals surface area contributed by atoms with Crippen molar-refractivity contribution in [2.45, 2.75) is 51.7 Å². The Balaban J connectivity index is 2.11. The second-order valence-corrected chi connectivity index (χ2v) is 5.46. The number of hydrogen-bond donors (Lipinski definition) is 1. The van der Waals surface area contributed by atoms with E-state index >= 15 is 0 Å². The van der Waals surface area contributed by atoms with Crippen molar-refractivity contribution >= 4 is 0 Å². The summed E-state index contributed by atoms with van der Waals surface area (Å²) in [5.74, 6) is 0. The normalized spacial score (nSPS) is 29.3. The van der Waals surface area contributed by atoms with Crippen molar-refractivity contribution in [3.8, 4) is 0 Å². The lowest BCUT2D eigenvalue weighted by atomic mass is 9.84. The number of rotatable bonds is 2. The van der Waals surface area contributed by atoms with E-state index in [4.69, 9.17) is 4.74 Å². The van der Waals surface area contributed by atoms with Gasteiger partial charge in [0.15, 0.2) is 0 Å². The van der Waals surface area contributed by atoms with Gasteiger partial charge in [-0.05, 0) is 43.9 Å². The maximum Gasteiger partial charge on any atom is 0.0734 e. The summed E-state index contributed by atoms with van der Waals surface area (Å²) >= 11 is 0. The van der Waals surface area contributed by atoms with E-state index < -0.39 is 5.60 Å². The average molecular weight is 234 g/mol. The van der Waals surface area contributed by atoms with E-state index in [1.54, 1.807) is 0 Å². The summed E-state index contributed by atoms with van der Waals surface area (Å²) in [5.41, 5.74) is 3.25. The Bertz CT molecular complexity index is 400. The predicted molar refractivity (Wildman–Crippen MR) is 69.2 cm³/mol. The lowest BCUT2D eigenvalue weighted by Gasteiger charge is -2.35. The number of aliphatic hydroxyl groups is 1. The van der Waals surface area contributed by atoms with Gasteiger partial charge in [-0.2, -0.15) is 0 Å². The van der Waals surface area contributed by atoms with Gasteiger partial charge in [-0.3, -0.25) is 0 Å². The van der Waals surface area contributed by atoms with E-state index in [0.717, 1.165) is 19.3 Å². The minimum atomic E-state index is -0.584. The van der Waals surface area contributed by atoms with Crippen LogP contribution >= 0.6 is 0 Å². The van der Waals surface area contributed by atoms with Crippen LogP contribution in [0, 0.1) is 13.8 Å². The van der Waals surface area contributed by atoms with E-state index in [1.165, 1.54) is 16.7 Å². The molecule has 0 aliphatic carbocycles. The third kappa shape index (κ3) is 3.08. The summed E-state index contributed by atoms with van der Waals surface area (Å²) in [6.45, 7) is 6.94. The molecule has 2 unspecified atom stereocenters. The first kappa shape index (κ1) is 12.6. The number of ether oxygens (including phenoxy) is 1. The topological polar surface area (TPSA) is 29.5 Å². The first-order chi connectivity index (χ1) is 7.98. The molecule has 0 bridgehead atoms. The zero-order valence-electron chi connectivity index (χ0n) is 11.0. The second kappa shape index (κ2) is 4.79. The molecule has 2 heteroatoms. The van der Waals surface area contributed by atoms with Gasteiger partial charge in [0.25, 0.3) is 0 Å². The third-order valence-electron chi connectivity index (χ3n) is 3.74. The molecule has 1 heterocycles. The van der Waals surface area contributed by atoms with E-state index in [0.29, 0.717) is 6.61 Å². The van der Waals surface area contributed by atoms with E-state index in [9.17, 15) is 5.11 Å². The first-order valence-corrected chi connectivity index (χ1v) is 6.39. The number of hydrogen-bond acceptors (Lipinski definition) is 2. The highest BCUT2D eigenvalue weighted by Crippen LogP contribution is 2.28. The summed E-state index contributed by atoms with van der Waals surface area (Å²) in [4.78, 5) is 0. The Kier molecular flexibility index (Phi) is 3.55. The minimum absolute atomic E-state index is 0.167.